The summed E-state index contributed by atoms with van der Waals surface area (Å²) in [6, 6.07) is 39.3. The molecule has 224 valence electrons. The van der Waals surface area contributed by atoms with Crippen molar-refractivity contribution in [3.8, 4) is 22.3 Å². The molecule has 0 atom stereocenters. The molecule has 2 heteroatoms. The fraction of sp³-hybridized carbons (Fsp3) is 0.159. The van der Waals surface area contributed by atoms with Gasteiger partial charge in [-0.1, -0.05) is 125 Å². The van der Waals surface area contributed by atoms with Crippen molar-refractivity contribution in [3.63, 3.8) is 0 Å². The van der Waals surface area contributed by atoms with Gasteiger partial charge in [0, 0.05) is 33.5 Å². The molecule has 0 bridgehead atoms. The predicted octanol–water partition coefficient (Wildman–Crippen LogP) is 11.2. The Balaban J connectivity index is 1.24. The van der Waals surface area contributed by atoms with Gasteiger partial charge in [0.15, 0.2) is 5.78 Å². The molecule has 0 unspecified atom stereocenters. The molecular formula is C44H37NO. The van der Waals surface area contributed by atoms with Crippen LogP contribution >= 0.6 is 0 Å². The van der Waals surface area contributed by atoms with Crippen LogP contribution in [0, 0.1) is 0 Å². The van der Waals surface area contributed by atoms with E-state index in [0.717, 1.165) is 33.8 Å². The first kappa shape index (κ1) is 28.3. The zero-order valence-electron chi connectivity index (χ0n) is 27.1. The minimum atomic E-state index is -0.0957. The molecule has 0 fully saturated rings. The Kier molecular flexibility index (Phi) is 6.24. The summed E-state index contributed by atoms with van der Waals surface area (Å²) in [6.45, 7) is 11.5. The maximum absolute atomic E-state index is 12.6. The van der Waals surface area contributed by atoms with E-state index in [1.54, 1.807) is 6.08 Å². The van der Waals surface area contributed by atoms with Crippen molar-refractivity contribution in [1.29, 1.82) is 0 Å². The number of carbonyl (C=O) groups is 1. The number of benzene rings is 5. The molecule has 8 rings (SSSR count). The van der Waals surface area contributed by atoms with E-state index in [1.165, 1.54) is 44.5 Å². The molecule has 0 saturated carbocycles. The Labute approximate surface area is 272 Å². The summed E-state index contributed by atoms with van der Waals surface area (Å²) >= 11 is 0. The molecule has 0 radical (unpaired) electrons. The molecule has 0 amide bonds. The van der Waals surface area contributed by atoms with E-state index < -0.39 is 0 Å². The van der Waals surface area contributed by atoms with E-state index in [9.17, 15) is 4.79 Å². The van der Waals surface area contributed by atoms with Gasteiger partial charge in [-0.05, 0) is 99.0 Å². The van der Waals surface area contributed by atoms with Crippen molar-refractivity contribution in [1.82, 2.24) is 0 Å². The summed E-state index contributed by atoms with van der Waals surface area (Å²) in [5, 5.41) is 0. The van der Waals surface area contributed by atoms with Crippen molar-refractivity contribution in [2.75, 3.05) is 4.90 Å². The van der Waals surface area contributed by atoms with Gasteiger partial charge in [-0.15, -0.1) is 0 Å². The summed E-state index contributed by atoms with van der Waals surface area (Å²) in [5.74, 6) is 0.0704. The van der Waals surface area contributed by atoms with Gasteiger partial charge in [0.05, 0.1) is 0 Å². The van der Waals surface area contributed by atoms with Gasteiger partial charge >= 0.3 is 0 Å². The molecule has 0 aromatic heterocycles. The fourth-order valence-electron chi connectivity index (χ4n) is 7.97. The standard InChI is InChI=1S/C44H37NO/c1-28(13-12-14-29-25-42(46)37-18-7-6-15-32(29)37)45(30-21-23-35-33-16-8-10-19-38(33)43(2,3)40(35)26-30)31-22-24-36-34-17-9-11-20-39(34)44(4,5)41(36)27-31/h6-27H,1-5H3/b14-12-,28-13+. The summed E-state index contributed by atoms with van der Waals surface area (Å²) in [7, 11) is 0. The number of carbonyl (C=O) groups excluding carboxylic acids is 1. The third-order valence-corrected chi connectivity index (χ3v) is 10.4. The van der Waals surface area contributed by atoms with Crippen LogP contribution in [0.25, 0.3) is 27.8 Å². The Bertz CT molecular complexity index is 2080. The van der Waals surface area contributed by atoms with E-state index >= 15 is 0 Å². The van der Waals surface area contributed by atoms with Crippen molar-refractivity contribution >= 4 is 22.7 Å². The first-order valence-electron chi connectivity index (χ1n) is 16.2. The maximum atomic E-state index is 12.6. The molecule has 3 aliphatic rings. The van der Waals surface area contributed by atoms with E-state index in [-0.39, 0.29) is 16.6 Å². The lowest BCUT2D eigenvalue weighted by Crippen LogP contribution is -2.19. The monoisotopic (exact) mass is 595 g/mol. The fourth-order valence-corrected chi connectivity index (χ4v) is 7.97. The van der Waals surface area contributed by atoms with Crippen LogP contribution in [0.5, 0.6) is 0 Å². The van der Waals surface area contributed by atoms with Gasteiger partial charge < -0.3 is 4.90 Å². The van der Waals surface area contributed by atoms with Crippen molar-refractivity contribution in [3.05, 3.63) is 173 Å². The summed E-state index contributed by atoms with van der Waals surface area (Å²) in [6.07, 6.45) is 8.02. The van der Waals surface area contributed by atoms with Crippen LogP contribution in [-0.4, -0.2) is 5.78 Å². The highest BCUT2D eigenvalue weighted by Crippen LogP contribution is 2.52. The van der Waals surface area contributed by atoms with Crippen LogP contribution in [-0.2, 0) is 10.8 Å². The van der Waals surface area contributed by atoms with Gasteiger partial charge in [0.1, 0.15) is 0 Å². The number of anilines is 2. The normalized spacial score (nSPS) is 16.5. The van der Waals surface area contributed by atoms with Gasteiger partial charge in [-0.3, -0.25) is 4.79 Å². The summed E-state index contributed by atoms with van der Waals surface area (Å²) < 4.78 is 0. The second kappa shape index (κ2) is 10.2. The van der Waals surface area contributed by atoms with Crippen molar-refractivity contribution < 1.29 is 4.79 Å². The average molecular weight is 596 g/mol. The Hall–Kier alpha value is -5.21. The largest absolute Gasteiger partial charge is 0.314 e. The third-order valence-electron chi connectivity index (χ3n) is 10.4. The summed E-state index contributed by atoms with van der Waals surface area (Å²) in [4.78, 5) is 15.0. The number of rotatable bonds is 5. The minimum absolute atomic E-state index is 0.0704. The van der Waals surface area contributed by atoms with Crippen LogP contribution in [0.4, 0.5) is 11.4 Å². The smallest absolute Gasteiger partial charge is 0.187 e. The first-order valence-corrected chi connectivity index (χ1v) is 16.2. The van der Waals surface area contributed by atoms with Crippen LogP contribution in [0.3, 0.4) is 0 Å². The van der Waals surface area contributed by atoms with Gasteiger partial charge in [0.25, 0.3) is 0 Å². The molecule has 0 N–H and O–H groups in total. The van der Waals surface area contributed by atoms with E-state index in [0.29, 0.717) is 0 Å². The Morgan fingerprint density at radius 2 is 1.02 bits per heavy atom. The van der Waals surface area contributed by atoms with E-state index in [1.807, 2.05) is 24.3 Å². The second-order valence-electron chi connectivity index (χ2n) is 13.8. The molecule has 2 nitrogen and oxygen atoms in total. The number of allylic oxidation sites excluding steroid dienone is 6. The van der Waals surface area contributed by atoms with Gasteiger partial charge in [0.2, 0.25) is 0 Å². The number of fused-ring (bicyclic) bond motifs is 7. The number of hydrogen-bond acceptors (Lipinski definition) is 2. The van der Waals surface area contributed by atoms with Crippen LogP contribution in [0.1, 0.15) is 72.8 Å². The van der Waals surface area contributed by atoms with Gasteiger partial charge in [-0.2, -0.15) is 0 Å². The van der Waals surface area contributed by atoms with Gasteiger partial charge in [-0.25, -0.2) is 0 Å². The van der Waals surface area contributed by atoms with E-state index in [2.05, 4.69) is 143 Å². The highest BCUT2D eigenvalue weighted by molar-refractivity contribution is 6.18. The Morgan fingerprint density at radius 3 is 1.57 bits per heavy atom. The van der Waals surface area contributed by atoms with Crippen LogP contribution < -0.4 is 4.90 Å². The molecule has 46 heavy (non-hydrogen) atoms. The minimum Gasteiger partial charge on any atom is -0.314 e. The molecule has 5 aromatic carbocycles. The average Bonchev–Trinajstić information content (AvgIpc) is 3.60. The maximum Gasteiger partial charge on any atom is 0.187 e. The number of ketones is 1. The highest BCUT2D eigenvalue weighted by atomic mass is 16.1. The number of hydrogen-bond donors (Lipinski definition) is 0. The van der Waals surface area contributed by atoms with Crippen molar-refractivity contribution in [2.45, 2.75) is 45.4 Å². The lowest BCUT2D eigenvalue weighted by molar-refractivity contribution is 0.105. The lowest BCUT2D eigenvalue weighted by atomic mass is 9.82. The quantitative estimate of drug-likeness (QED) is 0.188. The molecule has 5 aromatic rings. The summed E-state index contributed by atoms with van der Waals surface area (Å²) in [5.41, 5.74) is 16.6. The number of nitrogens with zero attached hydrogens (tertiary/aromatic N) is 1. The molecule has 0 aliphatic heterocycles. The van der Waals surface area contributed by atoms with Crippen molar-refractivity contribution in [2.24, 2.45) is 0 Å². The van der Waals surface area contributed by atoms with Crippen LogP contribution in [0.15, 0.2) is 139 Å². The zero-order chi connectivity index (χ0) is 31.8. The molecule has 0 heterocycles. The lowest BCUT2D eigenvalue weighted by Gasteiger charge is -2.30. The Morgan fingerprint density at radius 1 is 0.565 bits per heavy atom. The molecular weight excluding hydrogens is 558 g/mol. The topological polar surface area (TPSA) is 20.3 Å². The first-order chi connectivity index (χ1) is 22.2. The molecule has 0 saturated heterocycles. The SMILES string of the molecule is C/C(=C\C=C/C1=CC(=O)c2ccccc21)N(c1ccc2c(c1)C(C)(C)c1ccccc1-2)c1ccc2c(c1)C(C)(C)c1ccccc1-2. The van der Waals surface area contributed by atoms with Crippen LogP contribution in [0.2, 0.25) is 0 Å². The molecule has 3 aliphatic carbocycles. The third kappa shape index (κ3) is 4.13. The predicted molar refractivity (Wildman–Crippen MR) is 192 cm³/mol. The highest BCUT2D eigenvalue weighted by Gasteiger charge is 2.37. The molecule has 0 spiro atoms. The van der Waals surface area contributed by atoms with E-state index in [4.69, 9.17) is 0 Å². The zero-order valence-corrected chi connectivity index (χ0v) is 27.1. The second-order valence-corrected chi connectivity index (χ2v) is 13.8.